The Bertz CT molecular complexity index is 680. The molecule has 0 amide bonds. The summed E-state index contributed by atoms with van der Waals surface area (Å²) < 4.78 is 0. The van der Waals surface area contributed by atoms with Gasteiger partial charge in [0, 0.05) is 23.2 Å². The second-order valence-electron chi connectivity index (χ2n) is 4.28. The first kappa shape index (κ1) is 12.9. The molecule has 4 nitrogen and oxygen atoms in total. The highest BCUT2D eigenvalue weighted by Gasteiger charge is 2.14. The van der Waals surface area contributed by atoms with Crippen LogP contribution in [-0.2, 0) is 6.54 Å². The number of benzene rings is 1. The zero-order valence-corrected chi connectivity index (χ0v) is 11.9. The average molecular weight is 282 g/mol. The molecule has 0 aliphatic rings. The Morgan fingerprint density at radius 2 is 2.00 bits per heavy atom. The third-order valence-corrected chi connectivity index (χ3v) is 3.96. The Kier molecular flexibility index (Phi) is 3.80. The van der Waals surface area contributed by atoms with Gasteiger partial charge in [-0.3, -0.25) is 0 Å². The lowest BCUT2D eigenvalue weighted by atomic mass is 10.1. The van der Waals surface area contributed by atoms with Crippen LogP contribution in [0.5, 0.6) is 0 Å². The Labute approximate surface area is 121 Å². The van der Waals surface area contributed by atoms with E-state index < -0.39 is 0 Å². The lowest BCUT2D eigenvalue weighted by Crippen LogP contribution is -2.04. The third kappa shape index (κ3) is 2.59. The van der Waals surface area contributed by atoms with Gasteiger partial charge < -0.3 is 5.32 Å². The second-order valence-corrected chi connectivity index (χ2v) is 5.37. The van der Waals surface area contributed by atoms with E-state index in [2.05, 4.69) is 27.4 Å². The fraction of sp³-hybridized carbons (Fsp3) is 0.133. The van der Waals surface area contributed by atoms with Crippen LogP contribution in [0.2, 0.25) is 0 Å². The number of hydrogen-bond acceptors (Lipinski definition) is 5. The maximum Gasteiger partial charge on any atom is 0.142 e. The molecule has 2 aromatic heterocycles. The number of thiazole rings is 1. The Balaban J connectivity index is 2.08. The fourth-order valence-electron chi connectivity index (χ4n) is 1.98. The molecule has 0 aliphatic carbocycles. The minimum absolute atomic E-state index is 0.799. The summed E-state index contributed by atoms with van der Waals surface area (Å²) >= 11 is 1.67. The van der Waals surface area contributed by atoms with Gasteiger partial charge in [0.15, 0.2) is 0 Å². The highest BCUT2D eigenvalue weighted by molar-refractivity contribution is 7.15. The molecule has 1 aromatic carbocycles. The Morgan fingerprint density at radius 3 is 2.70 bits per heavy atom. The van der Waals surface area contributed by atoms with Crippen molar-refractivity contribution in [3.8, 4) is 22.0 Å². The number of rotatable bonds is 4. The predicted octanol–water partition coefficient (Wildman–Crippen LogP) is 2.99. The van der Waals surface area contributed by atoms with Crippen LogP contribution in [0.1, 0.15) is 4.88 Å². The van der Waals surface area contributed by atoms with Crippen molar-refractivity contribution in [2.75, 3.05) is 7.05 Å². The van der Waals surface area contributed by atoms with Gasteiger partial charge in [0.1, 0.15) is 17.0 Å². The molecule has 0 bridgehead atoms. The summed E-state index contributed by atoms with van der Waals surface area (Å²) in [5.41, 5.74) is 3.03. The van der Waals surface area contributed by atoms with Crippen LogP contribution in [-0.4, -0.2) is 22.0 Å². The molecule has 0 unspecified atom stereocenters. The van der Waals surface area contributed by atoms with Crippen molar-refractivity contribution in [1.82, 2.24) is 20.3 Å². The van der Waals surface area contributed by atoms with Crippen molar-refractivity contribution in [3.05, 3.63) is 53.8 Å². The normalized spacial score (nSPS) is 10.7. The van der Waals surface area contributed by atoms with Crippen molar-refractivity contribution in [2.24, 2.45) is 0 Å². The van der Waals surface area contributed by atoms with Gasteiger partial charge in [0.05, 0.1) is 5.69 Å². The van der Waals surface area contributed by atoms with E-state index in [-0.39, 0.29) is 0 Å². The monoisotopic (exact) mass is 282 g/mol. The Hall–Kier alpha value is -2.11. The van der Waals surface area contributed by atoms with Crippen LogP contribution in [0.4, 0.5) is 0 Å². The Morgan fingerprint density at radius 1 is 1.15 bits per heavy atom. The number of nitrogens with one attached hydrogen (secondary N) is 1. The maximum absolute atomic E-state index is 4.76. The summed E-state index contributed by atoms with van der Waals surface area (Å²) in [6, 6.07) is 12.1. The molecule has 100 valence electrons. The van der Waals surface area contributed by atoms with Crippen molar-refractivity contribution in [3.63, 3.8) is 0 Å². The van der Waals surface area contributed by atoms with Crippen LogP contribution in [0.15, 0.2) is 48.9 Å². The van der Waals surface area contributed by atoms with Crippen LogP contribution in [0.25, 0.3) is 22.0 Å². The minimum Gasteiger partial charge on any atom is -0.315 e. The largest absolute Gasteiger partial charge is 0.315 e. The summed E-state index contributed by atoms with van der Waals surface area (Å²) in [4.78, 5) is 14.2. The standard InChI is InChI=1S/C15H14N4S/c1-16-9-13-14(11-5-3-2-4-6-11)19-15(20-13)12-7-8-17-10-18-12/h2-8,10,16H,9H2,1H3. The molecule has 0 saturated carbocycles. The van der Waals surface area contributed by atoms with Crippen molar-refractivity contribution < 1.29 is 0 Å². The molecule has 0 aliphatic heterocycles. The molecule has 3 rings (SSSR count). The molecule has 5 heteroatoms. The van der Waals surface area contributed by atoms with Gasteiger partial charge in [-0.1, -0.05) is 30.3 Å². The first-order valence-corrected chi connectivity index (χ1v) is 7.16. The molecule has 0 fully saturated rings. The van der Waals surface area contributed by atoms with E-state index in [1.807, 2.05) is 31.3 Å². The van der Waals surface area contributed by atoms with E-state index in [1.165, 1.54) is 4.88 Å². The SMILES string of the molecule is CNCc1sc(-c2ccncn2)nc1-c1ccccc1. The van der Waals surface area contributed by atoms with E-state index in [0.717, 1.165) is 28.5 Å². The van der Waals surface area contributed by atoms with E-state index in [4.69, 9.17) is 4.98 Å². The summed E-state index contributed by atoms with van der Waals surface area (Å²) in [5.74, 6) is 0. The number of hydrogen-bond donors (Lipinski definition) is 1. The van der Waals surface area contributed by atoms with Gasteiger partial charge in [-0.15, -0.1) is 11.3 Å². The van der Waals surface area contributed by atoms with E-state index >= 15 is 0 Å². The third-order valence-electron chi connectivity index (χ3n) is 2.88. The zero-order valence-electron chi connectivity index (χ0n) is 11.1. The van der Waals surface area contributed by atoms with Crippen LogP contribution >= 0.6 is 11.3 Å². The first-order valence-electron chi connectivity index (χ1n) is 6.34. The highest BCUT2D eigenvalue weighted by atomic mass is 32.1. The van der Waals surface area contributed by atoms with Gasteiger partial charge in [0.25, 0.3) is 0 Å². The fourth-order valence-corrected chi connectivity index (χ4v) is 3.05. The molecule has 3 aromatic rings. The lowest BCUT2D eigenvalue weighted by Gasteiger charge is -2.00. The van der Waals surface area contributed by atoms with Gasteiger partial charge in [0.2, 0.25) is 0 Å². The van der Waals surface area contributed by atoms with Gasteiger partial charge in [-0.25, -0.2) is 15.0 Å². The number of aromatic nitrogens is 3. The molecule has 2 heterocycles. The average Bonchev–Trinajstić information content (AvgIpc) is 2.94. The molecular weight excluding hydrogens is 268 g/mol. The second kappa shape index (κ2) is 5.90. The predicted molar refractivity (Wildman–Crippen MR) is 81.3 cm³/mol. The summed E-state index contributed by atoms with van der Waals surface area (Å²) in [6.45, 7) is 0.799. The van der Waals surface area contributed by atoms with Crippen molar-refractivity contribution >= 4 is 11.3 Å². The zero-order chi connectivity index (χ0) is 13.8. The van der Waals surface area contributed by atoms with Crippen LogP contribution in [0.3, 0.4) is 0 Å². The van der Waals surface area contributed by atoms with Gasteiger partial charge in [-0.2, -0.15) is 0 Å². The van der Waals surface area contributed by atoms with E-state index in [0.29, 0.717) is 0 Å². The van der Waals surface area contributed by atoms with Crippen molar-refractivity contribution in [2.45, 2.75) is 6.54 Å². The topological polar surface area (TPSA) is 50.7 Å². The summed E-state index contributed by atoms with van der Waals surface area (Å²) in [6.07, 6.45) is 3.29. The van der Waals surface area contributed by atoms with Crippen LogP contribution < -0.4 is 5.32 Å². The van der Waals surface area contributed by atoms with Crippen molar-refractivity contribution in [1.29, 1.82) is 0 Å². The number of nitrogens with zero attached hydrogens (tertiary/aromatic N) is 3. The van der Waals surface area contributed by atoms with Gasteiger partial charge >= 0.3 is 0 Å². The quantitative estimate of drug-likeness (QED) is 0.799. The molecule has 20 heavy (non-hydrogen) atoms. The molecule has 0 atom stereocenters. The minimum atomic E-state index is 0.799. The molecule has 1 N–H and O–H groups in total. The lowest BCUT2D eigenvalue weighted by molar-refractivity contribution is 0.831. The maximum atomic E-state index is 4.76. The molecular formula is C15H14N4S. The molecule has 0 saturated heterocycles. The summed E-state index contributed by atoms with van der Waals surface area (Å²) in [7, 11) is 1.94. The first-order chi connectivity index (χ1) is 9.88. The molecule has 0 radical (unpaired) electrons. The van der Waals surface area contributed by atoms with E-state index in [1.54, 1.807) is 23.9 Å². The van der Waals surface area contributed by atoms with Gasteiger partial charge in [-0.05, 0) is 13.1 Å². The highest BCUT2D eigenvalue weighted by Crippen LogP contribution is 2.32. The van der Waals surface area contributed by atoms with Crippen LogP contribution in [0, 0.1) is 0 Å². The summed E-state index contributed by atoms with van der Waals surface area (Å²) in [5, 5.41) is 4.12. The smallest absolute Gasteiger partial charge is 0.142 e. The molecule has 0 spiro atoms. The van der Waals surface area contributed by atoms with E-state index in [9.17, 15) is 0 Å².